The van der Waals surface area contributed by atoms with Crippen molar-refractivity contribution in [2.24, 2.45) is 5.18 Å². The number of rotatable bonds is 2. The fraction of sp³-hybridized carbons (Fsp3) is 0.300. The highest BCUT2D eigenvalue weighted by atomic mass is 35.5. The molecular weight excluding hydrogens is 214 g/mol. The summed E-state index contributed by atoms with van der Waals surface area (Å²) in [6.45, 7) is 3.93. The Morgan fingerprint density at radius 2 is 2.27 bits per heavy atom. The zero-order valence-electron chi connectivity index (χ0n) is 8.44. The molecule has 2 aromatic heterocycles. The molecule has 2 heterocycles. The number of fused-ring (bicyclic) bond motifs is 1. The van der Waals surface area contributed by atoms with Gasteiger partial charge in [-0.1, -0.05) is 25.4 Å². The van der Waals surface area contributed by atoms with E-state index in [-0.39, 0.29) is 5.92 Å². The predicted octanol–water partition coefficient (Wildman–Crippen LogP) is 3.51. The largest absolute Gasteiger partial charge is 0.280 e. The third kappa shape index (κ3) is 1.51. The second-order valence-corrected chi connectivity index (χ2v) is 4.02. The Labute approximate surface area is 91.9 Å². The summed E-state index contributed by atoms with van der Waals surface area (Å²) in [5, 5.41) is 3.54. The van der Waals surface area contributed by atoms with Crippen LogP contribution in [0.3, 0.4) is 0 Å². The molecule has 0 aliphatic rings. The third-order valence-electron chi connectivity index (χ3n) is 2.24. The first-order valence-corrected chi connectivity index (χ1v) is 5.02. The summed E-state index contributed by atoms with van der Waals surface area (Å²) in [6.07, 6.45) is 1.73. The summed E-state index contributed by atoms with van der Waals surface area (Å²) in [5.74, 6) is 0.483. The molecule has 4 nitrogen and oxygen atoms in total. The zero-order valence-corrected chi connectivity index (χ0v) is 9.19. The molecule has 0 radical (unpaired) electrons. The highest BCUT2D eigenvalue weighted by molar-refractivity contribution is 6.33. The highest BCUT2D eigenvalue weighted by Crippen LogP contribution is 2.29. The molecule has 5 heteroatoms. The molecule has 0 N–H and O–H groups in total. The molecule has 15 heavy (non-hydrogen) atoms. The van der Waals surface area contributed by atoms with Crippen molar-refractivity contribution in [3.63, 3.8) is 0 Å². The number of pyridine rings is 1. The van der Waals surface area contributed by atoms with Crippen LogP contribution in [-0.4, -0.2) is 9.38 Å². The lowest BCUT2D eigenvalue weighted by Gasteiger charge is -1.98. The van der Waals surface area contributed by atoms with Gasteiger partial charge >= 0.3 is 0 Å². The van der Waals surface area contributed by atoms with E-state index in [0.717, 1.165) is 0 Å². The second kappa shape index (κ2) is 3.62. The Hall–Kier alpha value is -1.42. The lowest BCUT2D eigenvalue weighted by Crippen LogP contribution is -1.87. The van der Waals surface area contributed by atoms with E-state index in [0.29, 0.717) is 22.2 Å². The van der Waals surface area contributed by atoms with Gasteiger partial charge in [0.25, 0.3) is 0 Å². The van der Waals surface area contributed by atoms with E-state index >= 15 is 0 Å². The Kier molecular flexibility index (Phi) is 2.44. The summed E-state index contributed by atoms with van der Waals surface area (Å²) >= 11 is 5.98. The van der Waals surface area contributed by atoms with Gasteiger partial charge < -0.3 is 0 Å². The number of imidazole rings is 1. The molecule has 0 aliphatic carbocycles. The molecule has 0 aromatic carbocycles. The van der Waals surface area contributed by atoms with Gasteiger partial charge in [-0.2, -0.15) is 0 Å². The van der Waals surface area contributed by atoms with Crippen LogP contribution >= 0.6 is 11.6 Å². The molecule has 78 valence electrons. The Morgan fingerprint density at radius 3 is 2.87 bits per heavy atom. The van der Waals surface area contributed by atoms with Gasteiger partial charge in [0.2, 0.25) is 5.82 Å². The van der Waals surface area contributed by atoms with E-state index in [1.54, 1.807) is 22.7 Å². The van der Waals surface area contributed by atoms with E-state index in [1.807, 2.05) is 13.8 Å². The molecular formula is C10H10ClN3O. The predicted molar refractivity (Wildman–Crippen MR) is 59.7 cm³/mol. The molecule has 0 saturated heterocycles. The third-order valence-corrected chi connectivity index (χ3v) is 2.53. The van der Waals surface area contributed by atoms with E-state index in [9.17, 15) is 4.91 Å². The van der Waals surface area contributed by atoms with Gasteiger partial charge in [0, 0.05) is 6.20 Å². The standard InChI is InChI=1S/C10H10ClN3O/c1-6(2)8-10(13-15)14-5-3-4-7(11)9(14)12-8/h3-6H,1-2H3. The first kappa shape index (κ1) is 10.1. The Bertz CT molecular complexity index is 519. The first-order valence-electron chi connectivity index (χ1n) is 4.65. The monoisotopic (exact) mass is 223 g/mol. The number of aromatic nitrogens is 2. The van der Waals surface area contributed by atoms with Crippen LogP contribution in [0.4, 0.5) is 5.82 Å². The van der Waals surface area contributed by atoms with Crippen LogP contribution in [0.1, 0.15) is 25.5 Å². The molecule has 0 aliphatic heterocycles. The lowest BCUT2D eigenvalue weighted by molar-refractivity contribution is 0.834. The minimum Gasteiger partial charge on any atom is -0.280 e. The first-order chi connectivity index (χ1) is 7.15. The van der Waals surface area contributed by atoms with Gasteiger partial charge in [0.05, 0.1) is 10.7 Å². The van der Waals surface area contributed by atoms with Gasteiger partial charge in [0.15, 0.2) is 5.65 Å². The number of nitrogens with zero attached hydrogens (tertiary/aromatic N) is 3. The fourth-order valence-electron chi connectivity index (χ4n) is 1.52. The van der Waals surface area contributed by atoms with Crippen LogP contribution in [0.25, 0.3) is 5.65 Å². The number of halogens is 1. The van der Waals surface area contributed by atoms with Crippen molar-refractivity contribution in [1.82, 2.24) is 9.38 Å². The van der Waals surface area contributed by atoms with Crippen molar-refractivity contribution in [1.29, 1.82) is 0 Å². The van der Waals surface area contributed by atoms with E-state index in [4.69, 9.17) is 11.6 Å². The summed E-state index contributed by atoms with van der Waals surface area (Å²) < 4.78 is 1.62. The van der Waals surface area contributed by atoms with Crippen molar-refractivity contribution in [2.75, 3.05) is 0 Å². The minimum absolute atomic E-state index is 0.147. The molecule has 2 rings (SSSR count). The quantitative estimate of drug-likeness (QED) is 0.732. The molecule has 0 amide bonds. The Morgan fingerprint density at radius 1 is 1.53 bits per heavy atom. The van der Waals surface area contributed by atoms with Crippen LogP contribution in [0.2, 0.25) is 5.02 Å². The van der Waals surface area contributed by atoms with Gasteiger partial charge in [-0.25, -0.2) is 4.98 Å². The molecule has 0 bridgehead atoms. The molecule has 2 aromatic rings. The van der Waals surface area contributed by atoms with Crippen molar-refractivity contribution in [2.45, 2.75) is 19.8 Å². The van der Waals surface area contributed by atoms with Gasteiger partial charge in [-0.3, -0.25) is 4.40 Å². The van der Waals surface area contributed by atoms with Gasteiger partial charge in [-0.05, 0) is 23.2 Å². The van der Waals surface area contributed by atoms with Crippen LogP contribution < -0.4 is 0 Å². The summed E-state index contributed by atoms with van der Waals surface area (Å²) in [7, 11) is 0. The summed E-state index contributed by atoms with van der Waals surface area (Å²) in [4.78, 5) is 15.1. The topological polar surface area (TPSA) is 46.7 Å². The number of hydrogen-bond acceptors (Lipinski definition) is 3. The van der Waals surface area contributed by atoms with Crippen LogP contribution in [0.15, 0.2) is 23.5 Å². The minimum atomic E-state index is 0.147. The number of hydrogen-bond donors (Lipinski definition) is 0. The van der Waals surface area contributed by atoms with E-state index in [2.05, 4.69) is 10.2 Å². The summed E-state index contributed by atoms with van der Waals surface area (Å²) in [6, 6.07) is 3.50. The lowest BCUT2D eigenvalue weighted by atomic mass is 10.1. The average molecular weight is 224 g/mol. The molecule has 0 saturated carbocycles. The maximum atomic E-state index is 10.8. The van der Waals surface area contributed by atoms with Crippen molar-refractivity contribution >= 4 is 23.1 Å². The zero-order chi connectivity index (χ0) is 11.0. The molecule has 0 atom stereocenters. The fourth-order valence-corrected chi connectivity index (χ4v) is 1.72. The van der Waals surface area contributed by atoms with E-state index < -0.39 is 0 Å². The van der Waals surface area contributed by atoms with E-state index in [1.165, 1.54) is 0 Å². The highest BCUT2D eigenvalue weighted by Gasteiger charge is 2.16. The second-order valence-electron chi connectivity index (χ2n) is 3.62. The number of nitroso groups, excluding NO2 is 1. The SMILES string of the molecule is CC(C)c1nc2c(Cl)cccn2c1N=O. The summed E-state index contributed by atoms with van der Waals surface area (Å²) in [5.41, 5.74) is 1.26. The molecule has 0 unspecified atom stereocenters. The van der Waals surface area contributed by atoms with Crippen molar-refractivity contribution in [3.05, 3.63) is 34.0 Å². The van der Waals surface area contributed by atoms with Crippen LogP contribution in [0.5, 0.6) is 0 Å². The normalized spacial score (nSPS) is 11.2. The Balaban J connectivity index is 2.84. The van der Waals surface area contributed by atoms with Crippen molar-refractivity contribution in [3.8, 4) is 0 Å². The maximum absolute atomic E-state index is 10.8. The van der Waals surface area contributed by atoms with Crippen LogP contribution in [-0.2, 0) is 0 Å². The van der Waals surface area contributed by atoms with Crippen molar-refractivity contribution < 1.29 is 0 Å². The molecule has 0 fully saturated rings. The smallest absolute Gasteiger partial charge is 0.205 e. The van der Waals surface area contributed by atoms with Gasteiger partial charge in [0.1, 0.15) is 0 Å². The maximum Gasteiger partial charge on any atom is 0.205 e. The van der Waals surface area contributed by atoms with Crippen LogP contribution in [0, 0.1) is 4.91 Å². The average Bonchev–Trinajstić information content (AvgIpc) is 2.57. The van der Waals surface area contributed by atoms with Gasteiger partial charge in [-0.15, -0.1) is 4.91 Å². The molecule has 0 spiro atoms.